The number of hydrogen-bond acceptors (Lipinski definition) is 9. The second-order valence-electron chi connectivity index (χ2n) is 12.1. The third-order valence-corrected chi connectivity index (χ3v) is 11.0. The van der Waals surface area contributed by atoms with Crippen LogP contribution in [0, 0.1) is 34.6 Å². The zero-order chi connectivity index (χ0) is 35.5. The molecular weight excluding hydrogens is 692 g/mol. The molecule has 0 radical (unpaired) electrons. The van der Waals surface area contributed by atoms with E-state index in [0.717, 1.165) is 43.8 Å². The molecule has 3 aromatic heterocycles. The first kappa shape index (κ1) is 35.1. The van der Waals surface area contributed by atoms with Crippen molar-refractivity contribution in [3.05, 3.63) is 103 Å². The van der Waals surface area contributed by atoms with Crippen molar-refractivity contribution < 1.29 is 14.4 Å². The lowest BCUT2D eigenvalue weighted by Crippen LogP contribution is -2.26. The van der Waals surface area contributed by atoms with Gasteiger partial charge in [0, 0.05) is 38.9 Å². The maximum Gasteiger partial charge on any atom is 0.259 e. The number of carbonyl (C=O) groups is 3. The molecule has 0 fully saturated rings. The molecule has 14 heteroatoms. The maximum absolute atomic E-state index is 13.3. The van der Waals surface area contributed by atoms with Crippen molar-refractivity contribution >= 4 is 68.5 Å². The van der Waals surface area contributed by atoms with E-state index in [0.29, 0.717) is 46.6 Å². The number of amides is 3. The minimum atomic E-state index is -0.562. The summed E-state index contributed by atoms with van der Waals surface area (Å²) in [7, 11) is 0. The van der Waals surface area contributed by atoms with E-state index < -0.39 is 6.04 Å². The minimum Gasteiger partial charge on any atom is -0.356 e. The maximum atomic E-state index is 13.3. The number of fused-ring (bicyclic) bond motifs is 3. The molecule has 0 unspecified atom stereocenters. The number of benzene rings is 2. The number of anilines is 2. The van der Waals surface area contributed by atoms with E-state index in [-0.39, 0.29) is 30.6 Å². The molecule has 0 saturated carbocycles. The number of thiophene rings is 1. The fourth-order valence-corrected chi connectivity index (χ4v) is 7.86. The fourth-order valence-electron chi connectivity index (χ4n) is 5.71. The highest BCUT2D eigenvalue weighted by molar-refractivity contribution is 7.16. The molecule has 50 heavy (non-hydrogen) atoms. The Bertz CT molecular complexity index is 2100. The molecule has 4 heterocycles. The molecule has 0 saturated heterocycles. The second kappa shape index (κ2) is 15.0. The Morgan fingerprint density at radius 3 is 2.38 bits per heavy atom. The third kappa shape index (κ3) is 7.54. The van der Waals surface area contributed by atoms with E-state index in [1.54, 1.807) is 35.6 Å². The number of aromatic nitrogens is 4. The molecule has 0 spiro atoms. The smallest absolute Gasteiger partial charge is 0.259 e. The van der Waals surface area contributed by atoms with Crippen LogP contribution < -0.4 is 16.0 Å². The molecule has 3 amide bonds. The Hall–Kier alpha value is -4.72. The molecule has 1 aliphatic rings. The fraction of sp³-hybridized carbons (Fsp3) is 0.306. The molecule has 0 aliphatic carbocycles. The first-order valence-electron chi connectivity index (χ1n) is 16.3. The molecule has 3 N–H and O–H groups in total. The molecule has 11 nitrogen and oxygen atoms in total. The van der Waals surface area contributed by atoms with Gasteiger partial charge in [-0.2, -0.15) is 0 Å². The van der Waals surface area contributed by atoms with Gasteiger partial charge in [0.15, 0.2) is 11.0 Å². The topological polar surface area (TPSA) is 143 Å². The Kier molecular flexibility index (Phi) is 10.6. The Labute approximate surface area is 303 Å². The van der Waals surface area contributed by atoms with Crippen LogP contribution >= 0.6 is 34.3 Å². The predicted octanol–water partition coefficient (Wildman–Crippen LogP) is 7.44. The molecule has 6 rings (SSSR count). The summed E-state index contributed by atoms with van der Waals surface area (Å²) in [4.78, 5) is 50.8. The van der Waals surface area contributed by atoms with Gasteiger partial charge in [-0.1, -0.05) is 35.9 Å². The zero-order valence-corrected chi connectivity index (χ0v) is 30.8. The number of unbranched alkanes of at least 4 members (excludes halogenated alkanes) is 1. The summed E-state index contributed by atoms with van der Waals surface area (Å²) in [5.74, 6) is 0.616. The van der Waals surface area contributed by atoms with Gasteiger partial charge in [0.2, 0.25) is 11.8 Å². The van der Waals surface area contributed by atoms with E-state index in [1.807, 2.05) is 49.6 Å². The van der Waals surface area contributed by atoms with Crippen LogP contribution in [-0.4, -0.2) is 49.7 Å². The van der Waals surface area contributed by atoms with Crippen LogP contribution in [0.3, 0.4) is 0 Å². The average molecular weight is 729 g/mol. The van der Waals surface area contributed by atoms with E-state index in [2.05, 4.69) is 45.0 Å². The van der Waals surface area contributed by atoms with Gasteiger partial charge in [0.05, 0.1) is 29.1 Å². The lowest BCUT2D eigenvalue weighted by atomic mass is 9.99. The van der Waals surface area contributed by atoms with Crippen molar-refractivity contribution in [1.82, 2.24) is 25.1 Å². The lowest BCUT2D eigenvalue weighted by molar-refractivity contribution is -0.121. The van der Waals surface area contributed by atoms with E-state index in [9.17, 15) is 14.4 Å². The molecule has 2 aromatic carbocycles. The number of carbonyl (C=O) groups excluding carboxylic acids is 3. The number of aliphatic imine (C=N–C) groups is 1. The van der Waals surface area contributed by atoms with Crippen LogP contribution in [0.15, 0.2) is 53.5 Å². The number of nitrogens with zero attached hydrogens (tertiary/aromatic N) is 5. The van der Waals surface area contributed by atoms with Crippen LogP contribution in [0.25, 0.3) is 5.00 Å². The number of aryl methyl sites for hydroxylation is 4. The minimum absolute atomic E-state index is 0.0850. The summed E-state index contributed by atoms with van der Waals surface area (Å²) < 4.78 is 2.02. The number of rotatable bonds is 11. The van der Waals surface area contributed by atoms with E-state index >= 15 is 0 Å². The summed E-state index contributed by atoms with van der Waals surface area (Å²) in [6.07, 6.45) is 1.46. The lowest BCUT2D eigenvalue weighted by Gasteiger charge is -2.13. The molecular formula is C36H37ClN8O3S2. The Morgan fingerprint density at radius 1 is 0.880 bits per heavy atom. The normalized spacial score (nSPS) is 13.6. The first-order chi connectivity index (χ1) is 24.0. The van der Waals surface area contributed by atoms with Crippen LogP contribution in [0.5, 0.6) is 0 Å². The quantitative estimate of drug-likeness (QED) is 0.121. The van der Waals surface area contributed by atoms with Crippen molar-refractivity contribution in [3.8, 4) is 5.00 Å². The highest BCUT2D eigenvalue weighted by Gasteiger charge is 2.32. The first-order valence-corrected chi connectivity index (χ1v) is 18.3. The van der Waals surface area contributed by atoms with Crippen LogP contribution in [0.1, 0.15) is 85.9 Å². The van der Waals surface area contributed by atoms with Gasteiger partial charge in [0.25, 0.3) is 5.91 Å². The molecule has 258 valence electrons. The molecule has 1 atom stereocenters. The van der Waals surface area contributed by atoms with E-state index in [4.69, 9.17) is 16.6 Å². The van der Waals surface area contributed by atoms with Gasteiger partial charge >= 0.3 is 0 Å². The van der Waals surface area contributed by atoms with Crippen molar-refractivity contribution in [1.29, 1.82) is 0 Å². The third-order valence-electron chi connectivity index (χ3n) is 8.58. The predicted molar refractivity (Wildman–Crippen MR) is 199 cm³/mol. The monoisotopic (exact) mass is 728 g/mol. The number of hydrogen-bond donors (Lipinski definition) is 3. The highest BCUT2D eigenvalue weighted by Crippen LogP contribution is 2.39. The van der Waals surface area contributed by atoms with Crippen molar-refractivity contribution in [3.63, 3.8) is 0 Å². The van der Waals surface area contributed by atoms with Gasteiger partial charge < -0.3 is 10.6 Å². The van der Waals surface area contributed by atoms with Gasteiger partial charge in [-0.3, -0.25) is 29.3 Å². The largest absolute Gasteiger partial charge is 0.356 e. The average Bonchev–Trinajstić information content (AvgIpc) is 3.69. The second-order valence-corrected chi connectivity index (χ2v) is 15.0. The van der Waals surface area contributed by atoms with E-state index in [1.165, 1.54) is 16.2 Å². The summed E-state index contributed by atoms with van der Waals surface area (Å²) in [5.41, 5.74) is 5.48. The van der Waals surface area contributed by atoms with Crippen molar-refractivity contribution in [2.24, 2.45) is 4.99 Å². The zero-order valence-electron chi connectivity index (χ0n) is 28.4. The van der Waals surface area contributed by atoms with Crippen LogP contribution in [0.2, 0.25) is 5.02 Å². The van der Waals surface area contributed by atoms with Gasteiger partial charge in [-0.15, -0.1) is 32.9 Å². The van der Waals surface area contributed by atoms with Crippen LogP contribution in [-0.2, 0) is 9.59 Å². The van der Waals surface area contributed by atoms with Gasteiger partial charge in [-0.25, -0.2) is 4.98 Å². The number of thiazole rings is 1. The molecule has 0 bridgehead atoms. The molecule has 1 aliphatic heterocycles. The summed E-state index contributed by atoms with van der Waals surface area (Å²) in [6.45, 7) is 10.3. The standard InChI is InChI=1S/C36H37ClN8O3S2/c1-19-21(3)49-35-31(19)32(24-13-15-25(37)16-14-24)41-28(33-44-43-23(5)45(33)35)18-30(47)38-17-9-8-12-29(46)40-27-11-7-6-10-26(27)34(48)42-36-39-20(2)22(4)50-36/h6-7,10-11,13-16,28H,8-9,12,17-18H2,1-5H3,(H,38,47)(H,40,46)(H,39,42,48)/t28-/m0/s1. The van der Waals surface area contributed by atoms with Crippen molar-refractivity contribution in [2.45, 2.75) is 66.3 Å². The van der Waals surface area contributed by atoms with Gasteiger partial charge in [0.1, 0.15) is 16.9 Å². The number of nitrogens with one attached hydrogen (secondary N) is 3. The highest BCUT2D eigenvalue weighted by atomic mass is 35.5. The molecule has 5 aromatic rings. The summed E-state index contributed by atoms with van der Waals surface area (Å²) in [5, 5.41) is 19.6. The number of halogens is 1. The van der Waals surface area contributed by atoms with Crippen molar-refractivity contribution in [2.75, 3.05) is 17.2 Å². The Morgan fingerprint density at radius 2 is 1.64 bits per heavy atom. The summed E-state index contributed by atoms with van der Waals surface area (Å²) in [6, 6.07) is 13.9. The van der Waals surface area contributed by atoms with Crippen LogP contribution in [0.4, 0.5) is 10.8 Å². The van der Waals surface area contributed by atoms with Gasteiger partial charge in [-0.05, 0) is 77.3 Å². The summed E-state index contributed by atoms with van der Waals surface area (Å²) >= 11 is 9.28. The Balaban J connectivity index is 1.06. The SMILES string of the molecule is Cc1nc(NC(=O)c2ccccc2NC(=O)CCCCNC(=O)C[C@@H]2N=C(c3ccc(Cl)cc3)c3c(sc(C)c3C)-n3c(C)nnc32)sc1C. The number of para-hydroxylation sites is 1.